The van der Waals surface area contributed by atoms with Crippen LogP contribution >= 0.6 is 11.8 Å². The molecule has 0 aliphatic carbocycles. The van der Waals surface area contributed by atoms with Gasteiger partial charge < -0.3 is 4.74 Å². The Balaban J connectivity index is 1.49. The lowest BCUT2D eigenvalue weighted by molar-refractivity contribution is -0.123. The number of hydrogen-bond acceptors (Lipinski definition) is 4. The molecule has 0 radical (unpaired) electrons. The van der Waals surface area contributed by atoms with Gasteiger partial charge in [0.25, 0.3) is 11.1 Å². The molecule has 0 unspecified atom stereocenters. The third-order valence-corrected chi connectivity index (χ3v) is 5.22. The second-order valence-corrected chi connectivity index (χ2v) is 7.06. The topological polar surface area (TPSA) is 46.6 Å². The Bertz CT molecular complexity index is 1020. The van der Waals surface area contributed by atoms with Crippen LogP contribution in [-0.4, -0.2) is 29.2 Å². The first-order valence-corrected chi connectivity index (χ1v) is 9.45. The number of imide groups is 1. The zero-order valence-electron chi connectivity index (χ0n) is 14.5. The van der Waals surface area contributed by atoms with Gasteiger partial charge in [0, 0.05) is 0 Å². The molecule has 1 aliphatic heterocycles. The summed E-state index contributed by atoms with van der Waals surface area (Å²) in [5.74, 6) is 0.449. The van der Waals surface area contributed by atoms with Gasteiger partial charge in [0.2, 0.25) is 0 Å². The Morgan fingerprint density at radius 3 is 2.48 bits per heavy atom. The molecular formula is C22H17NO3S. The van der Waals surface area contributed by atoms with E-state index in [1.165, 1.54) is 4.90 Å². The molecule has 1 heterocycles. The molecule has 2 amide bonds. The number of carbonyl (C=O) groups is 2. The lowest BCUT2D eigenvalue weighted by Crippen LogP contribution is -2.32. The van der Waals surface area contributed by atoms with Crippen LogP contribution in [-0.2, 0) is 4.79 Å². The minimum atomic E-state index is -0.269. The standard InChI is InChI=1S/C22H17NO3S/c24-21-20(15-17-9-6-8-16-7-4-5-12-19(16)17)27-22(25)23(21)13-14-26-18-10-2-1-3-11-18/h1-12,15H,13-14H2/b20-15-. The first-order valence-electron chi connectivity index (χ1n) is 8.63. The van der Waals surface area contributed by atoms with Crippen LogP contribution in [0.15, 0.2) is 77.7 Å². The molecule has 0 spiro atoms. The highest BCUT2D eigenvalue weighted by Gasteiger charge is 2.34. The van der Waals surface area contributed by atoms with E-state index in [1.54, 1.807) is 6.08 Å². The number of amides is 2. The molecular weight excluding hydrogens is 358 g/mol. The molecule has 0 bridgehead atoms. The van der Waals surface area contributed by atoms with Crippen molar-refractivity contribution in [2.75, 3.05) is 13.2 Å². The molecule has 5 heteroatoms. The van der Waals surface area contributed by atoms with E-state index in [4.69, 9.17) is 4.74 Å². The minimum absolute atomic E-state index is 0.229. The fourth-order valence-electron chi connectivity index (χ4n) is 2.98. The maximum Gasteiger partial charge on any atom is 0.293 e. The molecule has 3 aromatic rings. The van der Waals surface area contributed by atoms with Crippen molar-refractivity contribution in [2.45, 2.75) is 0 Å². The van der Waals surface area contributed by atoms with Crippen molar-refractivity contribution in [1.82, 2.24) is 4.90 Å². The molecule has 0 saturated carbocycles. The number of para-hydroxylation sites is 1. The van der Waals surface area contributed by atoms with E-state index in [0.29, 0.717) is 4.91 Å². The zero-order valence-corrected chi connectivity index (χ0v) is 15.3. The third-order valence-electron chi connectivity index (χ3n) is 4.31. The first kappa shape index (κ1) is 17.4. The number of carbonyl (C=O) groups excluding carboxylic acids is 2. The highest BCUT2D eigenvalue weighted by molar-refractivity contribution is 8.18. The molecule has 4 rings (SSSR count). The summed E-state index contributed by atoms with van der Waals surface area (Å²) in [6, 6.07) is 23.3. The van der Waals surface area contributed by atoms with Crippen LogP contribution in [0.4, 0.5) is 4.79 Å². The maximum absolute atomic E-state index is 12.7. The van der Waals surface area contributed by atoms with Crippen molar-refractivity contribution in [1.29, 1.82) is 0 Å². The van der Waals surface area contributed by atoms with Crippen molar-refractivity contribution >= 4 is 39.8 Å². The molecule has 1 aliphatic rings. The largest absolute Gasteiger partial charge is 0.492 e. The summed E-state index contributed by atoms with van der Waals surface area (Å²) >= 11 is 0.974. The van der Waals surface area contributed by atoms with Gasteiger partial charge in [-0.2, -0.15) is 0 Å². The van der Waals surface area contributed by atoms with Crippen molar-refractivity contribution in [3.63, 3.8) is 0 Å². The van der Waals surface area contributed by atoms with Crippen LogP contribution in [0.1, 0.15) is 5.56 Å². The van der Waals surface area contributed by atoms with Crippen LogP contribution in [0, 0.1) is 0 Å². The fraction of sp³-hybridized carbons (Fsp3) is 0.0909. The summed E-state index contributed by atoms with van der Waals surface area (Å²) in [5.41, 5.74) is 0.930. The van der Waals surface area contributed by atoms with Crippen molar-refractivity contribution in [3.8, 4) is 5.75 Å². The second kappa shape index (κ2) is 7.68. The summed E-state index contributed by atoms with van der Waals surface area (Å²) in [4.78, 5) is 26.6. The smallest absolute Gasteiger partial charge is 0.293 e. The number of rotatable bonds is 5. The maximum atomic E-state index is 12.7. The molecule has 27 heavy (non-hydrogen) atoms. The van der Waals surface area contributed by atoms with E-state index in [1.807, 2.05) is 72.8 Å². The van der Waals surface area contributed by atoms with Crippen molar-refractivity contribution < 1.29 is 14.3 Å². The van der Waals surface area contributed by atoms with E-state index >= 15 is 0 Å². The number of hydrogen-bond donors (Lipinski definition) is 0. The Morgan fingerprint density at radius 2 is 1.63 bits per heavy atom. The van der Waals surface area contributed by atoms with Crippen LogP contribution in [0.2, 0.25) is 0 Å². The second-order valence-electron chi connectivity index (χ2n) is 6.06. The third kappa shape index (κ3) is 3.73. The fourth-order valence-corrected chi connectivity index (χ4v) is 3.84. The Labute approximate surface area is 161 Å². The van der Waals surface area contributed by atoms with E-state index < -0.39 is 0 Å². The summed E-state index contributed by atoms with van der Waals surface area (Å²) in [7, 11) is 0. The van der Waals surface area contributed by atoms with E-state index in [9.17, 15) is 9.59 Å². The van der Waals surface area contributed by atoms with Gasteiger partial charge in [0.05, 0.1) is 11.4 Å². The average molecular weight is 375 g/mol. The highest BCUT2D eigenvalue weighted by atomic mass is 32.2. The normalized spacial score (nSPS) is 15.7. The molecule has 4 nitrogen and oxygen atoms in total. The van der Waals surface area contributed by atoms with Gasteiger partial charge in [0.15, 0.2) is 0 Å². The average Bonchev–Trinajstić information content (AvgIpc) is 2.96. The van der Waals surface area contributed by atoms with E-state index in [0.717, 1.165) is 33.8 Å². The molecule has 0 N–H and O–H groups in total. The summed E-state index contributed by atoms with van der Waals surface area (Å²) in [6.45, 7) is 0.496. The lowest BCUT2D eigenvalue weighted by atomic mass is 10.0. The number of fused-ring (bicyclic) bond motifs is 1. The van der Waals surface area contributed by atoms with Gasteiger partial charge in [0.1, 0.15) is 12.4 Å². The minimum Gasteiger partial charge on any atom is -0.492 e. The first-order chi connectivity index (χ1) is 13.2. The predicted molar refractivity (Wildman–Crippen MR) is 109 cm³/mol. The molecule has 0 atom stereocenters. The van der Waals surface area contributed by atoms with Crippen LogP contribution < -0.4 is 4.74 Å². The van der Waals surface area contributed by atoms with Gasteiger partial charge in [-0.3, -0.25) is 14.5 Å². The molecule has 1 fully saturated rings. The Kier molecular flexibility index (Phi) is 4.94. The number of nitrogens with zero attached hydrogens (tertiary/aromatic N) is 1. The SMILES string of the molecule is O=C1S/C(=C\c2cccc3ccccc23)C(=O)N1CCOc1ccccc1. The van der Waals surface area contributed by atoms with E-state index in [2.05, 4.69) is 0 Å². The van der Waals surface area contributed by atoms with Crippen molar-refractivity contribution in [3.05, 3.63) is 83.3 Å². The summed E-state index contributed by atoms with van der Waals surface area (Å²) < 4.78 is 5.60. The Morgan fingerprint density at radius 1 is 0.889 bits per heavy atom. The molecule has 134 valence electrons. The predicted octanol–water partition coefficient (Wildman–Crippen LogP) is 4.96. The molecule has 1 saturated heterocycles. The van der Waals surface area contributed by atoms with Gasteiger partial charge in [-0.05, 0) is 46.3 Å². The molecule has 3 aromatic carbocycles. The van der Waals surface area contributed by atoms with Crippen molar-refractivity contribution in [2.24, 2.45) is 0 Å². The van der Waals surface area contributed by atoms with Gasteiger partial charge >= 0.3 is 0 Å². The van der Waals surface area contributed by atoms with Gasteiger partial charge in [-0.25, -0.2) is 0 Å². The number of thioether (sulfide) groups is 1. The number of ether oxygens (including phenoxy) is 1. The van der Waals surface area contributed by atoms with Crippen LogP contribution in [0.3, 0.4) is 0 Å². The highest BCUT2D eigenvalue weighted by Crippen LogP contribution is 2.33. The quantitative estimate of drug-likeness (QED) is 0.592. The zero-order chi connectivity index (χ0) is 18.6. The van der Waals surface area contributed by atoms with E-state index in [-0.39, 0.29) is 24.3 Å². The van der Waals surface area contributed by atoms with Crippen LogP contribution in [0.25, 0.3) is 16.8 Å². The van der Waals surface area contributed by atoms with Crippen LogP contribution in [0.5, 0.6) is 5.75 Å². The summed E-state index contributed by atoms with van der Waals surface area (Å²) in [6.07, 6.45) is 1.80. The monoisotopic (exact) mass is 375 g/mol. The lowest BCUT2D eigenvalue weighted by Gasteiger charge is -2.13. The number of benzene rings is 3. The Hall–Kier alpha value is -3.05. The van der Waals surface area contributed by atoms with Gasteiger partial charge in [-0.1, -0.05) is 60.7 Å². The van der Waals surface area contributed by atoms with Gasteiger partial charge in [-0.15, -0.1) is 0 Å². The summed E-state index contributed by atoms with van der Waals surface area (Å²) in [5, 5.41) is 1.89. The molecule has 0 aromatic heterocycles.